The molecule has 39 heavy (non-hydrogen) atoms. The Balaban J connectivity index is 1.05. The minimum Gasteiger partial charge on any atom is -0.341 e. The lowest BCUT2D eigenvalue weighted by Gasteiger charge is -2.40. The predicted molar refractivity (Wildman–Crippen MR) is 147 cm³/mol. The first kappa shape index (κ1) is 25.2. The highest BCUT2D eigenvalue weighted by Gasteiger charge is 2.42. The minimum atomic E-state index is -0.369. The normalized spacial score (nSPS) is 18.0. The Hall–Kier alpha value is -4.06. The minimum absolute atomic E-state index is 0.262. The second-order valence-corrected chi connectivity index (χ2v) is 10.8. The van der Waals surface area contributed by atoms with Crippen LogP contribution in [0.3, 0.4) is 0 Å². The summed E-state index contributed by atoms with van der Waals surface area (Å²) < 4.78 is 14.8. The van der Waals surface area contributed by atoms with Crippen molar-refractivity contribution in [2.24, 2.45) is 5.41 Å². The highest BCUT2D eigenvalue weighted by atomic mass is 19.1. The molecular formula is C27H34FN11. The van der Waals surface area contributed by atoms with E-state index in [2.05, 4.69) is 53.9 Å². The maximum atomic E-state index is 13.3. The van der Waals surface area contributed by atoms with Gasteiger partial charge in [-0.25, -0.2) is 19.0 Å². The Morgan fingerprint density at radius 1 is 1.00 bits per heavy atom. The molecule has 0 aromatic carbocycles. The van der Waals surface area contributed by atoms with Crippen molar-refractivity contribution in [2.75, 3.05) is 41.9 Å². The van der Waals surface area contributed by atoms with Crippen LogP contribution in [-0.4, -0.2) is 66.0 Å². The molecule has 11 nitrogen and oxygen atoms in total. The first-order valence-electron chi connectivity index (χ1n) is 13.4. The van der Waals surface area contributed by atoms with Gasteiger partial charge in [0.1, 0.15) is 5.82 Å². The van der Waals surface area contributed by atoms with E-state index in [9.17, 15) is 4.39 Å². The number of anilines is 3. The molecule has 204 valence electrons. The van der Waals surface area contributed by atoms with Crippen molar-refractivity contribution in [3.8, 4) is 5.82 Å². The van der Waals surface area contributed by atoms with Crippen LogP contribution in [0.2, 0.25) is 0 Å². The molecular weight excluding hydrogens is 497 g/mol. The zero-order valence-corrected chi connectivity index (χ0v) is 22.5. The average Bonchev–Trinajstić information content (AvgIpc) is 3.68. The van der Waals surface area contributed by atoms with Crippen molar-refractivity contribution in [3.63, 3.8) is 0 Å². The van der Waals surface area contributed by atoms with E-state index in [0.29, 0.717) is 17.1 Å². The summed E-state index contributed by atoms with van der Waals surface area (Å²) in [6.45, 7) is 10.2. The zero-order chi connectivity index (χ0) is 27.0. The zero-order valence-electron chi connectivity index (χ0n) is 22.5. The van der Waals surface area contributed by atoms with E-state index >= 15 is 0 Å². The summed E-state index contributed by atoms with van der Waals surface area (Å²) in [7, 11) is 0. The molecule has 2 fully saturated rings. The Morgan fingerprint density at radius 2 is 1.79 bits per heavy atom. The lowest BCUT2D eigenvalue weighted by atomic mass is 9.78. The highest BCUT2D eigenvalue weighted by Crippen LogP contribution is 2.43. The Bertz CT molecular complexity index is 1420. The van der Waals surface area contributed by atoms with Gasteiger partial charge in [0.2, 0.25) is 5.95 Å². The molecule has 0 aliphatic carbocycles. The van der Waals surface area contributed by atoms with E-state index in [0.717, 1.165) is 67.7 Å². The molecule has 0 saturated carbocycles. The van der Waals surface area contributed by atoms with Gasteiger partial charge in [0.05, 0.1) is 12.4 Å². The van der Waals surface area contributed by atoms with Crippen molar-refractivity contribution in [1.29, 1.82) is 0 Å². The van der Waals surface area contributed by atoms with Crippen molar-refractivity contribution >= 4 is 17.6 Å². The Morgan fingerprint density at radius 3 is 2.49 bits per heavy atom. The van der Waals surface area contributed by atoms with Crippen molar-refractivity contribution in [1.82, 2.24) is 39.8 Å². The van der Waals surface area contributed by atoms with Crippen LogP contribution >= 0.6 is 0 Å². The maximum Gasteiger partial charge on any atom is 0.227 e. The van der Waals surface area contributed by atoms with Gasteiger partial charge in [0.15, 0.2) is 17.5 Å². The topological polar surface area (TPSA) is 116 Å². The number of hydrogen-bond acceptors (Lipinski definition) is 9. The van der Waals surface area contributed by atoms with Gasteiger partial charge in [-0.15, -0.1) is 0 Å². The number of piperidine rings is 1. The molecule has 0 radical (unpaired) electrons. The van der Waals surface area contributed by atoms with Crippen LogP contribution in [-0.2, 0) is 0 Å². The van der Waals surface area contributed by atoms with Crippen LogP contribution in [0.4, 0.5) is 22.0 Å². The molecule has 2 saturated heterocycles. The summed E-state index contributed by atoms with van der Waals surface area (Å²) in [5.41, 5.74) is 9.61. The molecule has 4 aromatic heterocycles. The van der Waals surface area contributed by atoms with Crippen molar-refractivity contribution in [2.45, 2.75) is 46.1 Å². The SMILES string of the molecule is Cc1cc(NNc2cc(C)[nH]n2)nc(N2CCC3(CC2)CCN(C(C)c2ccc(-n4cc(F)cn4)nc2)C3)n1. The largest absolute Gasteiger partial charge is 0.341 e. The number of halogens is 1. The number of aromatic amines is 1. The molecule has 1 unspecified atom stereocenters. The van der Waals surface area contributed by atoms with Gasteiger partial charge in [-0.2, -0.15) is 15.2 Å². The van der Waals surface area contributed by atoms with Crippen molar-refractivity contribution < 1.29 is 4.39 Å². The first-order valence-corrected chi connectivity index (χ1v) is 13.4. The molecule has 4 aromatic rings. The highest BCUT2D eigenvalue weighted by molar-refractivity contribution is 5.49. The molecule has 0 bridgehead atoms. The molecule has 6 rings (SSSR count). The van der Waals surface area contributed by atoms with Crippen LogP contribution in [0.15, 0.2) is 42.9 Å². The van der Waals surface area contributed by atoms with Gasteiger partial charge < -0.3 is 4.90 Å². The number of hydrogen-bond donors (Lipinski definition) is 3. The number of rotatable bonds is 7. The van der Waals surface area contributed by atoms with Crippen LogP contribution < -0.4 is 15.8 Å². The number of aryl methyl sites for hydroxylation is 2. The van der Waals surface area contributed by atoms with E-state index in [1.807, 2.05) is 38.2 Å². The summed E-state index contributed by atoms with van der Waals surface area (Å²) in [6.07, 6.45) is 7.83. The standard InChI is InChI=1S/C27H34FN11/c1-18-12-23(34-36-24-13-19(2)33-35-24)32-26(31-18)37-9-6-27(7-10-37)8-11-38(17-27)20(3)21-4-5-25(29-14-21)39-16-22(28)15-30-39/h4-5,12-16,20H,6-11,17H2,1-3H3,(H,31,32,34)(H2,33,35,36). The molecule has 2 aliphatic heterocycles. The summed E-state index contributed by atoms with van der Waals surface area (Å²) in [5.74, 6) is 2.44. The summed E-state index contributed by atoms with van der Waals surface area (Å²) >= 11 is 0. The molecule has 6 heterocycles. The molecule has 0 amide bonds. The van der Waals surface area contributed by atoms with Gasteiger partial charge in [0.25, 0.3) is 0 Å². The van der Waals surface area contributed by atoms with Crippen molar-refractivity contribution in [3.05, 3.63) is 65.6 Å². The molecule has 3 N–H and O–H groups in total. The summed E-state index contributed by atoms with van der Waals surface area (Å²) in [4.78, 5) is 18.9. The number of nitrogens with one attached hydrogen (secondary N) is 3. The van der Waals surface area contributed by atoms with Gasteiger partial charge in [-0.3, -0.25) is 20.9 Å². The van der Waals surface area contributed by atoms with Crippen LogP contribution in [0.1, 0.15) is 49.2 Å². The van der Waals surface area contributed by atoms with E-state index in [4.69, 9.17) is 9.97 Å². The maximum absolute atomic E-state index is 13.3. The fourth-order valence-corrected chi connectivity index (χ4v) is 5.68. The quantitative estimate of drug-likeness (QED) is 0.304. The monoisotopic (exact) mass is 531 g/mol. The van der Waals surface area contributed by atoms with E-state index in [1.165, 1.54) is 23.5 Å². The number of H-pyrrole nitrogens is 1. The number of aromatic nitrogens is 7. The lowest BCUT2D eigenvalue weighted by Crippen LogP contribution is -2.42. The second-order valence-electron chi connectivity index (χ2n) is 10.8. The molecule has 1 atom stereocenters. The number of pyridine rings is 1. The van der Waals surface area contributed by atoms with E-state index in [1.54, 1.807) is 0 Å². The Kier molecular flexibility index (Phi) is 6.63. The van der Waals surface area contributed by atoms with Gasteiger partial charge >= 0.3 is 0 Å². The third-order valence-corrected chi connectivity index (χ3v) is 8.03. The molecule has 12 heteroatoms. The van der Waals surface area contributed by atoms with E-state index in [-0.39, 0.29) is 11.9 Å². The third kappa shape index (κ3) is 5.42. The van der Waals surface area contributed by atoms with Gasteiger partial charge in [-0.05, 0) is 63.6 Å². The van der Waals surface area contributed by atoms with Crippen LogP contribution in [0.5, 0.6) is 0 Å². The van der Waals surface area contributed by atoms with Gasteiger partial charge in [-0.1, -0.05) is 6.07 Å². The number of hydrazine groups is 1. The smallest absolute Gasteiger partial charge is 0.227 e. The fraction of sp³-hybridized carbons (Fsp3) is 0.444. The number of likely N-dealkylation sites (tertiary alicyclic amines) is 1. The summed E-state index contributed by atoms with van der Waals surface area (Å²) in [6, 6.07) is 8.08. The first-order chi connectivity index (χ1) is 18.9. The molecule has 1 spiro atoms. The van der Waals surface area contributed by atoms with E-state index < -0.39 is 0 Å². The number of nitrogens with zero attached hydrogens (tertiary/aromatic N) is 8. The lowest BCUT2D eigenvalue weighted by molar-refractivity contribution is 0.183. The van der Waals surface area contributed by atoms with Gasteiger partial charge in [0, 0.05) is 55.4 Å². The predicted octanol–water partition coefficient (Wildman–Crippen LogP) is 4.03. The summed E-state index contributed by atoms with van der Waals surface area (Å²) in [5, 5.41) is 11.1. The van der Waals surface area contributed by atoms with Crippen LogP contribution in [0, 0.1) is 25.1 Å². The third-order valence-electron chi connectivity index (χ3n) is 8.03. The van der Waals surface area contributed by atoms with Crippen LogP contribution in [0.25, 0.3) is 5.82 Å². The Labute approximate surface area is 226 Å². The fourth-order valence-electron chi connectivity index (χ4n) is 5.68. The average molecular weight is 532 g/mol. The molecule has 2 aliphatic rings. The second kappa shape index (κ2) is 10.3.